The van der Waals surface area contributed by atoms with E-state index in [0.29, 0.717) is 26.3 Å². The molecule has 0 bridgehead atoms. The summed E-state index contributed by atoms with van der Waals surface area (Å²) in [5, 5.41) is 3.72. The SMILES string of the molecule is Cc1nc2c3c(c(C(=O)N4CCOCC4)cn2c1C)CC[C@@H](c1ccccc1)N3. The third-order valence-electron chi connectivity index (χ3n) is 6.23. The van der Waals surface area contributed by atoms with Crippen LogP contribution in [0.15, 0.2) is 36.5 Å². The maximum absolute atomic E-state index is 13.4. The summed E-state index contributed by atoms with van der Waals surface area (Å²) in [5.74, 6) is 0.0946. The summed E-state index contributed by atoms with van der Waals surface area (Å²) in [7, 11) is 0. The zero-order chi connectivity index (χ0) is 20.0. The van der Waals surface area contributed by atoms with Gasteiger partial charge in [0.15, 0.2) is 5.65 Å². The second kappa shape index (κ2) is 7.19. The number of fused-ring (bicyclic) bond motifs is 3. The molecule has 0 spiro atoms. The number of nitrogens with one attached hydrogen (secondary N) is 1. The van der Waals surface area contributed by atoms with Crippen LogP contribution in [0.4, 0.5) is 5.69 Å². The largest absolute Gasteiger partial charge is 0.378 e. The Bertz CT molecular complexity index is 1070. The number of morpholine rings is 1. The van der Waals surface area contributed by atoms with Gasteiger partial charge in [0.05, 0.1) is 36.2 Å². The molecule has 6 nitrogen and oxygen atoms in total. The van der Waals surface area contributed by atoms with Crippen molar-refractivity contribution in [3.63, 3.8) is 0 Å². The summed E-state index contributed by atoms with van der Waals surface area (Å²) in [6.45, 7) is 6.58. The molecule has 1 atom stereocenters. The average molecular weight is 390 g/mol. The monoisotopic (exact) mass is 390 g/mol. The van der Waals surface area contributed by atoms with Crippen molar-refractivity contribution in [1.82, 2.24) is 14.3 Å². The van der Waals surface area contributed by atoms with Crippen molar-refractivity contribution in [3.8, 4) is 0 Å². The summed E-state index contributed by atoms with van der Waals surface area (Å²) in [6, 6.07) is 10.7. The molecule has 1 fully saturated rings. The van der Waals surface area contributed by atoms with E-state index in [1.54, 1.807) is 0 Å². The van der Waals surface area contributed by atoms with Crippen LogP contribution >= 0.6 is 0 Å². The highest BCUT2D eigenvalue weighted by Gasteiger charge is 2.30. The van der Waals surface area contributed by atoms with Crippen LogP contribution in [-0.2, 0) is 11.2 Å². The van der Waals surface area contributed by atoms with Gasteiger partial charge < -0.3 is 19.4 Å². The van der Waals surface area contributed by atoms with Crippen molar-refractivity contribution >= 4 is 17.2 Å². The Labute approximate surface area is 170 Å². The van der Waals surface area contributed by atoms with Crippen molar-refractivity contribution in [2.24, 2.45) is 0 Å². The molecule has 29 heavy (non-hydrogen) atoms. The fourth-order valence-corrected chi connectivity index (χ4v) is 4.44. The number of hydrogen-bond donors (Lipinski definition) is 1. The van der Waals surface area contributed by atoms with Crippen LogP contribution in [0.5, 0.6) is 0 Å². The zero-order valence-corrected chi connectivity index (χ0v) is 16.9. The highest BCUT2D eigenvalue weighted by Crippen LogP contribution is 2.38. The van der Waals surface area contributed by atoms with Crippen molar-refractivity contribution in [1.29, 1.82) is 0 Å². The van der Waals surface area contributed by atoms with E-state index in [1.165, 1.54) is 5.56 Å². The maximum atomic E-state index is 13.4. The highest BCUT2D eigenvalue weighted by atomic mass is 16.5. The molecule has 0 saturated carbocycles. The van der Waals surface area contributed by atoms with E-state index in [2.05, 4.69) is 40.9 Å². The van der Waals surface area contributed by atoms with Gasteiger partial charge in [-0.1, -0.05) is 30.3 Å². The molecular weight excluding hydrogens is 364 g/mol. The molecule has 0 radical (unpaired) electrons. The molecule has 1 N–H and O–H groups in total. The summed E-state index contributed by atoms with van der Waals surface area (Å²) < 4.78 is 7.50. The Morgan fingerprint density at radius 3 is 2.69 bits per heavy atom. The van der Waals surface area contributed by atoms with Gasteiger partial charge in [-0.25, -0.2) is 4.98 Å². The number of carbonyl (C=O) groups is 1. The summed E-state index contributed by atoms with van der Waals surface area (Å²) in [5.41, 5.74) is 7.12. The lowest BCUT2D eigenvalue weighted by molar-refractivity contribution is 0.0301. The van der Waals surface area contributed by atoms with Gasteiger partial charge in [0.25, 0.3) is 5.91 Å². The standard InChI is InChI=1S/C23H26N4O2/c1-15-16(2)27-14-19(23(28)26-10-12-29-13-11-26)18-8-9-20(17-6-4-3-5-7-17)25-21(18)22(27)24-15/h3-7,14,20,25H,8-13H2,1-2H3/t20-/m0/s1. The molecular formula is C23H26N4O2. The van der Waals surface area contributed by atoms with Gasteiger partial charge in [-0.3, -0.25) is 4.79 Å². The van der Waals surface area contributed by atoms with E-state index < -0.39 is 0 Å². The van der Waals surface area contributed by atoms with Crippen LogP contribution in [0.25, 0.3) is 5.65 Å². The Morgan fingerprint density at radius 2 is 1.93 bits per heavy atom. The second-order valence-electron chi connectivity index (χ2n) is 7.92. The van der Waals surface area contributed by atoms with E-state index in [4.69, 9.17) is 9.72 Å². The number of aryl methyl sites for hydroxylation is 2. The van der Waals surface area contributed by atoms with Crippen molar-refractivity contribution in [2.45, 2.75) is 32.7 Å². The van der Waals surface area contributed by atoms with Crippen molar-refractivity contribution in [3.05, 3.63) is 64.6 Å². The first-order chi connectivity index (χ1) is 14.1. The molecule has 5 rings (SSSR count). The summed E-state index contributed by atoms with van der Waals surface area (Å²) in [4.78, 5) is 20.1. The fourth-order valence-electron chi connectivity index (χ4n) is 4.44. The number of aromatic nitrogens is 2. The molecule has 3 aromatic rings. The first-order valence-electron chi connectivity index (χ1n) is 10.3. The van der Waals surface area contributed by atoms with Crippen molar-refractivity contribution in [2.75, 3.05) is 31.6 Å². The number of hydrogen-bond acceptors (Lipinski definition) is 4. The smallest absolute Gasteiger partial charge is 0.255 e. The molecule has 1 saturated heterocycles. The third kappa shape index (κ3) is 3.08. The van der Waals surface area contributed by atoms with Crippen molar-refractivity contribution < 1.29 is 9.53 Å². The fraction of sp³-hybridized carbons (Fsp3) is 0.391. The van der Waals surface area contributed by atoms with Crippen LogP contribution in [-0.4, -0.2) is 46.5 Å². The minimum absolute atomic E-state index is 0.0946. The Morgan fingerprint density at radius 1 is 1.17 bits per heavy atom. The van der Waals surface area contributed by atoms with Gasteiger partial charge >= 0.3 is 0 Å². The molecule has 0 unspecified atom stereocenters. The predicted molar refractivity (Wildman–Crippen MR) is 113 cm³/mol. The van der Waals surface area contributed by atoms with Gasteiger partial charge in [0.2, 0.25) is 0 Å². The number of benzene rings is 1. The first-order valence-corrected chi connectivity index (χ1v) is 10.3. The molecule has 2 aromatic heterocycles. The van der Waals surface area contributed by atoms with Crippen LogP contribution in [0.1, 0.15) is 45.3 Å². The van der Waals surface area contributed by atoms with E-state index in [-0.39, 0.29) is 11.9 Å². The maximum Gasteiger partial charge on any atom is 0.255 e. The number of anilines is 1. The number of amides is 1. The third-order valence-corrected chi connectivity index (χ3v) is 6.23. The molecule has 2 aliphatic heterocycles. The van der Waals surface area contributed by atoms with Crippen LogP contribution in [0.3, 0.4) is 0 Å². The van der Waals surface area contributed by atoms with E-state index in [9.17, 15) is 4.79 Å². The number of imidazole rings is 1. The van der Waals surface area contributed by atoms with Crippen LogP contribution in [0, 0.1) is 13.8 Å². The minimum atomic E-state index is 0.0946. The molecule has 0 aliphatic carbocycles. The van der Waals surface area contributed by atoms with Gasteiger partial charge in [-0.15, -0.1) is 0 Å². The lowest BCUT2D eigenvalue weighted by Crippen LogP contribution is -2.41. The first kappa shape index (κ1) is 18.2. The Balaban J connectivity index is 1.62. The normalized spacial score (nSPS) is 19.1. The number of ether oxygens (including phenoxy) is 1. The zero-order valence-electron chi connectivity index (χ0n) is 16.9. The molecule has 1 aromatic carbocycles. The molecule has 1 amide bonds. The predicted octanol–water partition coefficient (Wildman–Crippen LogP) is 3.52. The molecule has 4 heterocycles. The number of pyridine rings is 1. The lowest BCUT2D eigenvalue weighted by atomic mass is 9.91. The quantitative estimate of drug-likeness (QED) is 0.727. The number of carbonyl (C=O) groups excluding carboxylic acids is 1. The summed E-state index contributed by atoms with van der Waals surface area (Å²) >= 11 is 0. The van der Waals surface area contributed by atoms with E-state index in [1.807, 2.05) is 24.1 Å². The van der Waals surface area contributed by atoms with Gasteiger partial charge in [0.1, 0.15) is 0 Å². The molecule has 150 valence electrons. The number of nitrogens with zero attached hydrogens (tertiary/aromatic N) is 3. The van der Waals surface area contributed by atoms with E-state index >= 15 is 0 Å². The van der Waals surface area contributed by atoms with Gasteiger partial charge in [0, 0.05) is 25.0 Å². The Hall–Kier alpha value is -2.86. The Kier molecular flexibility index (Phi) is 4.51. The van der Waals surface area contributed by atoms with Crippen LogP contribution in [0.2, 0.25) is 0 Å². The lowest BCUT2D eigenvalue weighted by Gasteiger charge is -2.32. The minimum Gasteiger partial charge on any atom is -0.378 e. The van der Waals surface area contributed by atoms with Crippen LogP contribution < -0.4 is 5.32 Å². The van der Waals surface area contributed by atoms with E-state index in [0.717, 1.165) is 46.7 Å². The highest BCUT2D eigenvalue weighted by molar-refractivity contribution is 5.99. The molecule has 2 aliphatic rings. The molecule has 6 heteroatoms. The van der Waals surface area contributed by atoms with Gasteiger partial charge in [-0.05, 0) is 37.8 Å². The van der Waals surface area contributed by atoms with Gasteiger partial charge in [-0.2, -0.15) is 0 Å². The number of rotatable bonds is 2. The summed E-state index contributed by atoms with van der Waals surface area (Å²) in [6.07, 6.45) is 3.80. The average Bonchev–Trinajstić information content (AvgIpc) is 3.07. The topological polar surface area (TPSA) is 58.9 Å². The second-order valence-corrected chi connectivity index (χ2v) is 7.92.